The Balaban J connectivity index is 2.96. The van der Waals surface area contributed by atoms with Crippen LogP contribution < -0.4 is 0 Å². The predicted octanol–water partition coefficient (Wildman–Crippen LogP) is 2.00. The zero-order valence-electron chi connectivity index (χ0n) is 10.9. The maximum absolute atomic E-state index is 11.5. The van der Waals surface area contributed by atoms with Crippen LogP contribution in [-0.2, 0) is 10.1 Å². The second-order valence-corrected chi connectivity index (χ2v) is 5.74. The largest absolute Gasteiger partial charge is 0.478 e. The lowest BCUT2D eigenvalue weighted by molar-refractivity contribution is 0.0696. The van der Waals surface area contributed by atoms with Crippen molar-refractivity contribution < 1.29 is 32.8 Å². The molecule has 0 unspecified atom stereocenters. The van der Waals surface area contributed by atoms with Crippen LogP contribution in [0.3, 0.4) is 0 Å². The standard InChI is InChI=1S/C14H10O7S/c15-13(16)9-6-10(14(17)18)12(8-4-2-1-3-5-8)11(7-9)22(19,20)21/h1-7H,(H,15,16)(H,17,18)(H,19,20,21). The van der Waals surface area contributed by atoms with Crippen LogP contribution in [0.4, 0.5) is 0 Å². The fourth-order valence-corrected chi connectivity index (χ4v) is 2.78. The number of rotatable bonds is 4. The summed E-state index contributed by atoms with van der Waals surface area (Å²) in [7, 11) is -4.82. The Morgan fingerprint density at radius 1 is 0.909 bits per heavy atom. The highest BCUT2D eigenvalue weighted by molar-refractivity contribution is 7.86. The van der Waals surface area contributed by atoms with Gasteiger partial charge in [0.2, 0.25) is 0 Å². The van der Waals surface area contributed by atoms with Crippen LogP contribution in [0.5, 0.6) is 0 Å². The average Bonchev–Trinajstić information content (AvgIpc) is 2.45. The quantitative estimate of drug-likeness (QED) is 0.734. The van der Waals surface area contributed by atoms with Crippen molar-refractivity contribution in [3.05, 3.63) is 53.6 Å². The Hall–Kier alpha value is -2.71. The molecular weight excluding hydrogens is 312 g/mol. The van der Waals surface area contributed by atoms with Crippen molar-refractivity contribution in [2.24, 2.45) is 0 Å². The van der Waals surface area contributed by atoms with Crippen molar-refractivity contribution in [2.45, 2.75) is 4.90 Å². The molecule has 114 valence electrons. The van der Waals surface area contributed by atoms with Gasteiger partial charge in [0, 0.05) is 5.56 Å². The van der Waals surface area contributed by atoms with Gasteiger partial charge in [-0.25, -0.2) is 9.59 Å². The van der Waals surface area contributed by atoms with Crippen molar-refractivity contribution in [1.29, 1.82) is 0 Å². The van der Waals surface area contributed by atoms with Gasteiger partial charge in [0.1, 0.15) is 4.90 Å². The van der Waals surface area contributed by atoms with Crippen LogP contribution in [0.1, 0.15) is 20.7 Å². The first kappa shape index (κ1) is 15.7. The maximum Gasteiger partial charge on any atom is 0.336 e. The van der Waals surface area contributed by atoms with Crippen molar-refractivity contribution >= 4 is 22.1 Å². The van der Waals surface area contributed by atoms with E-state index in [0.29, 0.717) is 0 Å². The van der Waals surface area contributed by atoms with Crippen LogP contribution in [0.2, 0.25) is 0 Å². The van der Waals surface area contributed by atoms with E-state index in [0.717, 1.165) is 12.1 Å². The van der Waals surface area contributed by atoms with Gasteiger partial charge in [-0.2, -0.15) is 8.42 Å². The van der Waals surface area contributed by atoms with Crippen molar-refractivity contribution in [3.8, 4) is 11.1 Å². The van der Waals surface area contributed by atoms with Gasteiger partial charge in [0.15, 0.2) is 0 Å². The zero-order valence-corrected chi connectivity index (χ0v) is 11.7. The zero-order chi connectivity index (χ0) is 16.5. The first-order valence-corrected chi connectivity index (χ1v) is 7.33. The fourth-order valence-electron chi connectivity index (χ4n) is 2.01. The van der Waals surface area contributed by atoms with Gasteiger partial charge >= 0.3 is 11.9 Å². The smallest absolute Gasteiger partial charge is 0.336 e. The van der Waals surface area contributed by atoms with E-state index >= 15 is 0 Å². The molecule has 0 atom stereocenters. The molecule has 22 heavy (non-hydrogen) atoms. The summed E-state index contributed by atoms with van der Waals surface area (Å²) >= 11 is 0. The van der Waals surface area contributed by atoms with Crippen molar-refractivity contribution in [2.75, 3.05) is 0 Å². The summed E-state index contributed by atoms with van der Waals surface area (Å²) in [5.74, 6) is -3.01. The highest BCUT2D eigenvalue weighted by atomic mass is 32.2. The van der Waals surface area contributed by atoms with Gasteiger partial charge in [-0.1, -0.05) is 30.3 Å². The third-order valence-corrected chi connectivity index (χ3v) is 3.80. The summed E-state index contributed by atoms with van der Waals surface area (Å²) in [6, 6.07) is 9.24. The molecule has 2 rings (SSSR count). The lowest BCUT2D eigenvalue weighted by Crippen LogP contribution is -2.11. The topological polar surface area (TPSA) is 129 Å². The summed E-state index contributed by atoms with van der Waals surface area (Å²) in [6.45, 7) is 0. The minimum Gasteiger partial charge on any atom is -0.478 e. The number of hydrogen-bond acceptors (Lipinski definition) is 4. The van der Waals surface area contributed by atoms with Gasteiger partial charge in [-0.3, -0.25) is 4.55 Å². The molecule has 0 amide bonds. The predicted molar refractivity (Wildman–Crippen MR) is 75.6 cm³/mol. The molecule has 0 aliphatic heterocycles. The monoisotopic (exact) mass is 322 g/mol. The number of benzene rings is 2. The van der Waals surface area contributed by atoms with Gasteiger partial charge < -0.3 is 10.2 Å². The van der Waals surface area contributed by atoms with E-state index in [1.165, 1.54) is 12.1 Å². The number of aromatic carboxylic acids is 2. The molecule has 8 heteroatoms. The highest BCUT2D eigenvalue weighted by Crippen LogP contribution is 2.32. The third kappa shape index (κ3) is 2.97. The first-order valence-electron chi connectivity index (χ1n) is 5.89. The number of hydrogen-bond donors (Lipinski definition) is 3. The molecule has 0 saturated carbocycles. The van der Waals surface area contributed by atoms with Gasteiger partial charge in [-0.15, -0.1) is 0 Å². The molecule has 0 saturated heterocycles. The van der Waals surface area contributed by atoms with Crippen LogP contribution in [0, 0.1) is 0 Å². The molecular formula is C14H10O7S. The lowest BCUT2D eigenvalue weighted by Gasteiger charge is -2.12. The number of carboxylic acid groups (broad SMARTS) is 2. The highest BCUT2D eigenvalue weighted by Gasteiger charge is 2.25. The maximum atomic E-state index is 11.5. The van der Waals surface area contributed by atoms with Crippen LogP contribution in [0.15, 0.2) is 47.4 Å². The SMILES string of the molecule is O=C(O)c1cc(C(=O)O)c(-c2ccccc2)c(S(=O)(=O)O)c1. The molecule has 7 nitrogen and oxygen atoms in total. The third-order valence-electron chi connectivity index (χ3n) is 2.92. The summed E-state index contributed by atoms with van der Waals surface area (Å²) in [6.07, 6.45) is 0. The Kier molecular flexibility index (Phi) is 3.98. The van der Waals surface area contributed by atoms with Gasteiger partial charge in [0.05, 0.1) is 11.1 Å². The van der Waals surface area contributed by atoms with Gasteiger partial charge in [-0.05, 0) is 17.7 Å². The normalized spacial score (nSPS) is 11.1. The molecule has 0 spiro atoms. The van der Waals surface area contributed by atoms with E-state index < -0.39 is 38.1 Å². The molecule has 0 aliphatic rings. The Morgan fingerprint density at radius 3 is 1.95 bits per heavy atom. The summed E-state index contributed by atoms with van der Waals surface area (Å²) in [4.78, 5) is 21.6. The second-order valence-electron chi connectivity index (χ2n) is 4.35. The number of carbonyl (C=O) groups is 2. The van der Waals surface area contributed by atoms with Crippen LogP contribution >= 0.6 is 0 Å². The minimum absolute atomic E-state index is 0.226. The Labute approximate surface area is 125 Å². The Bertz CT molecular complexity index is 854. The average molecular weight is 322 g/mol. The minimum atomic E-state index is -4.82. The van der Waals surface area contributed by atoms with Crippen LogP contribution in [-0.4, -0.2) is 35.1 Å². The lowest BCUT2D eigenvalue weighted by atomic mass is 9.97. The van der Waals surface area contributed by atoms with E-state index in [4.69, 9.17) is 5.11 Å². The van der Waals surface area contributed by atoms with Crippen molar-refractivity contribution in [3.63, 3.8) is 0 Å². The summed E-state index contributed by atoms with van der Waals surface area (Å²) < 4.78 is 32.4. The molecule has 0 heterocycles. The van der Waals surface area contributed by atoms with E-state index in [2.05, 4.69) is 0 Å². The van der Waals surface area contributed by atoms with E-state index in [1.807, 2.05) is 0 Å². The molecule has 2 aromatic carbocycles. The van der Waals surface area contributed by atoms with Crippen LogP contribution in [0.25, 0.3) is 11.1 Å². The molecule has 0 bridgehead atoms. The molecule has 3 N–H and O–H groups in total. The van der Waals surface area contributed by atoms with E-state index in [1.54, 1.807) is 18.2 Å². The molecule has 0 aromatic heterocycles. The molecule has 0 aliphatic carbocycles. The second kappa shape index (κ2) is 5.58. The fraction of sp³-hybridized carbons (Fsp3) is 0. The van der Waals surface area contributed by atoms with E-state index in [9.17, 15) is 27.7 Å². The van der Waals surface area contributed by atoms with E-state index in [-0.39, 0.29) is 11.1 Å². The number of carboxylic acids is 2. The summed E-state index contributed by atoms with van der Waals surface area (Å²) in [5, 5.41) is 18.2. The molecule has 0 fully saturated rings. The summed E-state index contributed by atoms with van der Waals surface area (Å²) in [5.41, 5.74) is -1.12. The molecule has 2 aromatic rings. The Morgan fingerprint density at radius 2 is 1.50 bits per heavy atom. The van der Waals surface area contributed by atoms with Crippen molar-refractivity contribution in [1.82, 2.24) is 0 Å². The van der Waals surface area contributed by atoms with Gasteiger partial charge in [0.25, 0.3) is 10.1 Å². The molecule has 0 radical (unpaired) electrons. The first-order chi connectivity index (χ1) is 10.2.